The van der Waals surface area contributed by atoms with Gasteiger partial charge in [-0.05, 0) is 18.1 Å². The standard InChI is InChI=1S/C7H12O2S/c1-5-3-6(10-4-5)7(8)9-2/h5-6H,3-4H2,1-2H3/t5-,6?/m0/s1. The molecule has 0 bridgehead atoms. The second kappa shape index (κ2) is 3.28. The smallest absolute Gasteiger partial charge is 0.318 e. The van der Waals surface area contributed by atoms with E-state index in [1.807, 2.05) is 0 Å². The molecular weight excluding hydrogens is 148 g/mol. The molecule has 3 heteroatoms. The molecule has 0 aromatic carbocycles. The first-order valence-electron chi connectivity index (χ1n) is 3.43. The lowest BCUT2D eigenvalue weighted by Crippen LogP contribution is -2.15. The van der Waals surface area contributed by atoms with Gasteiger partial charge in [-0.3, -0.25) is 4.79 Å². The fourth-order valence-corrected chi connectivity index (χ4v) is 2.47. The summed E-state index contributed by atoms with van der Waals surface area (Å²) >= 11 is 1.71. The van der Waals surface area contributed by atoms with Crippen LogP contribution in [0.3, 0.4) is 0 Å². The maximum atomic E-state index is 10.9. The molecule has 0 aromatic rings. The molecular formula is C7H12O2S. The Morgan fingerprint density at radius 1 is 1.70 bits per heavy atom. The summed E-state index contributed by atoms with van der Waals surface area (Å²) in [7, 11) is 1.45. The summed E-state index contributed by atoms with van der Waals surface area (Å²) in [5.74, 6) is 1.71. The van der Waals surface area contributed by atoms with E-state index < -0.39 is 0 Å². The number of hydrogen-bond acceptors (Lipinski definition) is 3. The second-order valence-corrected chi connectivity index (χ2v) is 3.92. The molecule has 2 nitrogen and oxygen atoms in total. The summed E-state index contributed by atoms with van der Waals surface area (Å²) in [6.45, 7) is 2.16. The van der Waals surface area contributed by atoms with Gasteiger partial charge in [0.25, 0.3) is 0 Å². The van der Waals surface area contributed by atoms with Crippen LogP contribution in [0.25, 0.3) is 0 Å². The van der Waals surface area contributed by atoms with Crippen LogP contribution in [-0.4, -0.2) is 24.1 Å². The average Bonchev–Trinajstić information content (AvgIpc) is 2.34. The van der Waals surface area contributed by atoms with Crippen molar-refractivity contribution in [2.75, 3.05) is 12.9 Å². The largest absolute Gasteiger partial charge is 0.468 e. The molecule has 1 unspecified atom stereocenters. The van der Waals surface area contributed by atoms with Gasteiger partial charge in [0.2, 0.25) is 0 Å². The minimum absolute atomic E-state index is 0.0608. The van der Waals surface area contributed by atoms with E-state index in [9.17, 15) is 4.79 Å². The molecule has 0 aromatic heterocycles. The normalized spacial score (nSPS) is 32.2. The lowest BCUT2D eigenvalue weighted by Gasteiger charge is -2.03. The lowest BCUT2D eigenvalue weighted by molar-refractivity contribution is -0.140. The minimum atomic E-state index is -0.0608. The zero-order chi connectivity index (χ0) is 7.56. The lowest BCUT2D eigenvalue weighted by atomic mass is 10.1. The van der Waals surface area contributed by atoms with Crippen molar-refractivity contribution >= 4 is 17.7 Å². The monoisotopic (exact) mass is 160 g/mol. The van der Waals surface area contributed by atoms with Gasteiger partial charge in [-0.15, -0.1) is 11.8 Å². The molecule has 0 radical (unpaired) electrons. The molecule has 10 heavy (non-hydrogen) atoms. The number of carbonyl (C=O) groups is 1. The van der Waals surface area contributed by atoms with Crippen molar-refractivity contribution in [2.24, 2.45) is 5.92 Å². The van der Waals surface area contributed by atoms with Gasteiger partial charge in [0, 0.05) is 0 Å². The number of hydrogen-bond donors (Lipinski definition) is 0. The van der Waals surface area contributed by atoms with Gasteiger partial charge in [0.05, 0.1) is 7.11 Å². The quantitative estimate of drug-likeness (QED) is 0.541. The Morgan fingerprint density at radius 3 is 2.80 bits per heavy atom. The Bertz CT molecular complexity index is 136. The van der Waals surface area contributed by atoms with Gasteiger partial charge < -0.3 is 4.74 Å². The van der Waals surface area contributed by atoms with Crippen LogP contribution in [0.4, 0.5) is 0 Å². The van der Waals surface area contributed by atoms with E-state index in [2.05, 4.69) is 11.7 Å². The van der Waals surface area contributed by atoms with Gasteiger partial charge in [-0.1, -0.05) is 6.92 Å². The van der Waals surface area contributed by atoms with Gasteiger partial charge in [0.15, 0.2) is 0 Å². The van der Waals surface area contributed by atoms with Gasteiger partial charge in [-0.25, -0.2) is 0 Å². The number of esters is 1. The maximum absolute atomic E-state index is 10.9. The molecule has 1 heterocycles. The fraction of sp³-hybridized carbons (Fsp3) is 0.857. The molecule has 0 amide bonds. The van der Waals surface area contributed by atoms with E-state index in [0.717, 1.165) is 12.2 Å². The average molecular weight is 160 g/mol. The molecule has 1 fully saturated rings. The van der Waals surface area contributed by atoms with Crippen molar-refractivity contribution in [3.63, 3.8) is 0 Å². The highest BCUT2D eigenvalue weighted by Gasteiger charge is 2.28. The molecule has 0 aliphatic carbocycles. The van der Waals surface area contributed by atoms with E-state index in [0.29, 0.717) is 5.92 Å². The van der Waals surface area contributed by atoms with Gasteiger partial charge in [-0.2, -0.15) is 0 Å². The third-order valence-electron chi connectivity index (χ3n) is 1.66. The van der Waals surface area contributed by atoms with E-state index in [1.165, 1.54) is 7.11 Å². The minimum Gasteiger partial charge on any atom is -0.468 e. The predicted molar refractivity (Wildman–Crippen MR) is 42.0 cm³/mol. The number of carbonyl (C=O) groups excluding carboxylic acids is 1. The number of thioether (sulfide) groups is 1. The molecule has 0 spiro atoms. The van der Waals surface area contributed by atoms with Crippen LogP contribution in [-0.2, 0) is 9.53 Å². The highest BCUT2D eigenvalue weighted by Crippen LogP contribution is 2.31. The molecule has 58 valence electrons. The van der Waals surface area contributed by atoms with Gasteiger partial charge >= 0.3 is 5.97 Å². The van der Waals surface area contributed by atoms with Crippen LogP contribution in [0.5, 0.6) is 0 Å². The summed E-state index contributed by atoms with van der Waals surface area (Å²) < 4.78 is 4.62. The van der Waals surface area contributed by atoms with Crippen molar-refractivity contribution in [2.45, 2.75) is 18.6 Å². The molecule has 2 atom stereocenters. The molecule has 1 rings (SSSR count). The van der Waals surface area contributed by atoms with Crippen molar-refractivity contribution in [1.82, 2.24) is 0 Å². The SMILES string of the molecule is COC(=O)C1C[C@H](C)CS1. The molecule has 0 N–H and O–H groups in total. The van der Waals surface area contributed by atoms with E-state index in [-0.39, 0.29) is 11.2 Å². The van der Waals surface area contributed by atoms with Crippen LogP contribution in [0, 0.1) is 5.92 Å². The maximum Gasteiger partial charge on any atom is 0.318 e. The first kappa shape index (κ1) is 7.92. The molecule has 1 saturated heterocycles. The summed E-state index contributed by atoms with van der Waals surface area (Å²) in [4.78, 5) is 10.9. The second-order valence-electron chi connectivity index (χ2n) is 2.69. The predicted octanol–water partition coefficient (Wildman–Crippen LogP) is 1.30. The highest BCUT2D eigenvalue weighted by molar-refractivity contribution is 8.00. The summed E-state index contributed by atoms with van der Waals surface area (Å²) in [5, 5.41) is 0.111. The van der Waals surface area contributed by atoms with E-state index in [1.54, 1.807) is 11.8 Å². The number of ether oxygens (including phenoxy) is 1. The molecule has 1 aliphatic heterocycles. The zero-order valence-electron chi connectivity index (χ0n) is 6.29. The molecule has 0 saturated carbocycles. The zero-order valence-corrected chi connectivity index (χ0v) is 7.11. The third kappa shape index (κ3) is 1.66. The molecule has 1 aliphatic rings. The summed E-state index contributed by atoms with van der Waals surface area (Å²) in [6, 6.07) is 0. The Hall–Kier alpha value is -0.180. The fourth-order valence-electron chi connectivity index (χ4n) is 1.08. The summed E-state index contributed by atoms with van der Waals surface area (Å²) in [5.41, 5.74) is 0. The van der Waals surface area contributed by atoms with Crippen molar-refractivity contribution < 1.29 is 9.53 Å². The van der Waals surface area contributed by atoms with E-state index in [4.69, 9.17) is 0 Å². The van der Waals surface area contributed by atoms with Crippen molar-refractivity contribution in [3.05, 3.63) is 0 Å². The summed E-state index contributed by atoms with van der Waals surface area (Å²) in [6.07, 6.45) is 0.983. The van der Waals surface area contributed by atoms with Crippen LogP contribution in [0.1, 0.15) is 13.3 Å². The topological polar surface area (TPSA) is 26.3 Å². The first-order valence-corrected chi connectivity index (χ1v) is 4.48. The van der Waals surface area contributed by atoms with Crippen molar-refractivity contribution in [1.29, 1.82) is 0 Å². The first-order chi connectivity index (χ1) is 4.74. The number of rotatable bonds is 1. The van der Waals surface area contributed by atoms with Crippen molar-refractivity contribution in [3.8, 4) is 0 Å². The Morgan fingerprint density at radius 2 is 2.40 bits per heavy atom. The third-order valence-corrected chi connectivity index (χ3v) is 3.21. The van der Waals surface area contributed by atoms with Crippen LogP contribution in [0.15, 0.2) is 0 Å². The van der Waals surface area contributed by atoms with Crippen LogP contribution >= 0.6 is 11.8 Å². The Labute approximate surface area is 65.3 Å². The van der Waals surface area contributed by atoms with Gasteiger partial charge in [0.1, 0.15) is 5.25 Å². The van der Waals surface area contributed by atoms with Crippen LogP contribution < -0.4 is 0 Å². The number of methoxy groups -OCH3 is 1. The van der Waals surface area contributed by atoms with Crippen LogP contribution in [0.2, 0.25) is 0 Å². The highest BCUT2D eigenvalue weighted by atomic mass is 32.2. The Kier molecular flexibility index (Phi) is 2.60. The Balaban J connectivity index is 2.37. The van der Waals surface area contributed by atoms with E-state index >= 15 is 0 Å².